The van der Waals surface area contributed by atoms with Crippen LogP contribution in [0.4, 0.5) is 5.69 Å². The first-order valence-corrected chi connectivity index (χ1v) is 10.1. The second-order valence-corrected chi connectivity index (χ2v) is 7.93. The third-order valence-corrected chi connectivity index (χ3v) is 5.07. The van der Waals surface area contributed by atoms with Gasteiger partial charge in [-0.2, -0.15) is 0 Å². The second kappa shape index (κ2) is 7.17. The number of furan rings is 1. The summed E-state index contributed by atoms with van der Waals surface area (Å²) in [6.45, 7) is 1.99. The lowest BCUT2D eigenvalue weighted by Gasteiger charge is -2.04. The number of benzene rings is 2. The maximum atomic E-state index is 12.2. The predicted molar refractivity (Wildman–Crippen MR) is 103 cm³/mol. The summed E-state index contributed by atoms with van der Waals surface area (Å²) in [5.41, 5.74) is 2.09. The zero-order valence-electron chi connectivity index (χ0n) is 14.5. The van der Waals surface area contributed by atoms with Gasteiger partial charge in [-0.05, 0) is 30.3 Å². The molecule has 6 heteroatoms. The number of anilines is 1. The Morgan fingerprint density at radius 2 is 1.92 bits per heavy atom. The Hall–Kier alpha value is -2.86. The van der Waals surface area contributed by atoms with E-state index in [2.05, 4.69) is 5.32 Å². The number of carbonyl (C=O) groups excluding carboxylic acids is 1. The summed E-state index contributed by atoms with van der Waals surface area (Å²) in [4.78, 5) is 12.4. The molecule has 1 heterocycles. The van der Waals surface area contributed by atoms with E-state index in [1.54, 1.807) is 18.2 Å². The first-order chi connectivity index (χ1) is 12.4. The normalized spacial score (nSPS) is 11.9. The zero-order chi connectivity index (χ0) is 18.7. The molecule has 0 aliphatic carbocycles. The Kier molecular flexibility index (Phi) is 4.95. The SMILES string of the molecule is CCc1oc2ccccc2c1/C=C/C(=O)Nc1cccc(S(C)(=O)=O)c1. The van der Waals surface area contributed by atoms with Gasteiger partial charge in [-0.3, -0.25) is 4.79 Å². The number of sulfone groups is 1. The van der Waals surface area contributed by atoms with Gasteiger partial charge in [0.1, 0.15) is 11.3 Å². The minimum absolute atomic E-state index is 0.161. The van der Waals surface area contributed by atoms with E-state index < -0.39 is 9.84 Å². The Labute approximate surface area is 152 Å². The van der Waals surface area contributed by atoms with Crippen molar-refractivity contribution in [3.63, 3.8) is 0 Å². The summed E-state index contributed by atoms with van der Waals surface area (Å²) in [6, 6.07) is 13.8. The number of hydrogen-bond donors (Lipinski definition) is 1. The molecule has 0 unspecified atom stereocenters. The van der Waals surface area contributed by atoms with Gasteiger partial charge in [-0.1, -0.05) is 31.2 Å². The predicted octanol–water partition coefficient (Wildman–Crippen LogP) is 4.05. The smallest absolute Gasteiger partial charge is 0.248 e. The molecule has 1 N–H and O–H groups in total. The molecule has 1 aromatic heterocycles. The minimum Gasteiger partial charge on any atom is -0.460 e. The summed E-state index contributed by atoms with van der Waals surface area (Å²) in [5.74, 6) is 0.470. The molecule has 0 radical (unpaired) electrons. The maximum absolute atomic E-state index is 12.2. The van der Waals surface area contributed by atoms with E-state index >= 15 is 0 Å². The van der Waals surface area contributed by atoms with E-state index in [1.807, 2.05) is 31.2 Å². The third kappa shape index (κ3) is 3.86. The van der Waals surface area contributed by atoms with Gasteiger partial charge >= 0.3 is 0 Å². The number of aryl methyl sites for hydroxylation is 1. The van der Waals surface area contributed by atoms with E-state index in [1.165, 1.54) is 18.2 Å². The van der Waals surface area contributed by atoms with E-state index in [0.717, 1.165) is 28.5 Å². The molecular formula is C20H19NO4S. The van der Waals surface area contributed by atoms with Crippen molar-refractivity contribution in [1.29, 1.82) is 0 Å². The second-order valence-electron chi connectivity index (χ2n) is 5.91. The minimum atomic E-state index is -3.32. The first-order valence-electron chi connectivity index (χ1n) is 8.18. The summed E-state index contributed by atoms with van der Waals surface area (Å²) in [6.07, 6.45) is 4.99. The van der Waals surface area contributed by atoms with Gasteiger partial charge in [0.05, 0.1) is 4.90 Å². The molecule has 5 nitrogen and oxygen atoms in total. The molecule has 3 aromatic rings. The lowest BCUT2D eigenvalue weighted by molar-refractivity contribution is -0.111. The quantitative estimate of drug-likeness (QED) is 0.688. The van der Waals surface area contributed by atoms with Gasteiger partial charge in [-0.15, -0.1) is 0 Å². The van der Waals surface area contributed by atoms with Crippen molar-refractivity contribution in [2.24, 2.45) is 0 Å². The van der Waals surface area contributed by atoms with Gasteiger partial charge in [0, 0.05) is 35.4 Å². The fourth-order valence-corrected chi connectivity index (χ4v) is 3.38. The fourth-order valence-electron chi connectivity index (χ4n) is 2.71. The first kappa shape index (κ1) is 17.9. The number of para-hydroxylation sites is 1. The standard InChI is InChI=1S/C20H19NO4S/c1-3-18-17(16-9-4-5-10-19(16)25-18)11-12-20(22)21-14-7-6-8-15(13-14)26(2,23)24/h4-13H,3H2,1-2H3,(H,21,22)/b12-11+. The van der Waals surface area contributed by atoms with E-state index in [4.69, 9.17) is 4.42 Å². The van der Waals surface area contributed by atoms with Crippen LogP contribution in [-0.2, 0) is 21.1 Å². The highest BCUT2D eigenvalue weighted by molar-refractivity contribution is 7.90. The summed E-state index contributed by atoms with van der Waals surface area (Å²) in [7, 11) is -3.32. The number of carbonyl (C=O) groups is 1. The van der Waals surface area contributed by atoms with Crippen molar-refractivity contribution < 1.29 is 17.6 Å². The van der Waals surface area contributed by atoms with Crippen LogP contribution < -0.4 is 5.32 Å². The van der Waals surface area contributed by atoms with Crippen molar-refractivity contribution in [3.05, 3.63) is 65.9 Å². The van der Waals surface area contributed by atoms with Gasteiger partial charge in [0.2, 0.25) is 5.91 Å². The number of fused-ring (bicyclic) bond motifs is 1. The monoisotopic (exact) mass is 369 g/mol. The molecule has 0 fully saturated rings. The molecule has 0 bridgehead atoms. The molecule has 3 rings (SSSR count). The van der Waals surface area contributed by atoms with Gasteiger partial charge in [0.25, 0.3) is 0 Å². The topological polar surface area (TPSA) is 76.4 Å². The highest BCUT2D eigenvalue weighted by Gasteiger charge is 2.11. The lowest BCUT2D eigenvalue weighted by atomic mass is 10.1. The van der Waals surface area contributed by atoms with Crippen LogP contribution >= 0.6 is 0 Å². The molecule has 0 spiro atoms. The van der Waals surface area contributed by atoms with Crippen LogP contribution in [0.3, 0.4) is 0 Å². The van der Waals surface area contributed by atoms with E-state index in [9.17, 15) is 13.2 Å². The molecule has 0 saturated carbocycles. The largest absolute Gasteiger partial charge is 0.460 e. The molecule has 134 valence electrons. The Balaban J connectivity index is 1.83. The van der Waals surface area contributed by atoms with Crippen LogP contribution in [0, 0.1) is 0 Å². The van der Waals surface area contributed by atoms with Crippen LogP contribution in [0.25, 0.3) is 17.0 Å². The molecule has 2 aromatic carbocycles. The molecule has 1 amide bonds. The lowest BCUT2D eigenvalue weighted by Crippen LogP contribution is -2.08. The molecule has 0 aliphatic heterocycles. The van der Waals surface area contributed by atoms with Crippen LogP contribution in [0.2, 0.25) is 0 Å². The molecule has 0 atom stereocenters. The summed E-state index contributed by atoms with van der Waals surface area (Å²) < 4.78 is 29.0. The van der Waals surface area contributed by atoms with Crippen LogP contribution in [0.1, 0.15) is 18.2 Å². The highest BCUT2D eigenvalue weighted by atomic mass is 32.2. The average Bonchev–Trinajstić information content (AvgIpc) is 2.97. The number of amides is 1. The Morgan fingerprint density at radius 1 is 1.15 bits per heavy atom. The van der Waals surface area contributed by atoms with Crippen molar-refractivity contribution in [1.82, 2.24) is 0 Å². The molecular weight excluding hydrogens is 350 g/mol. The fraction of sp³-hybridized carbons (Fsp3) is 0.150. The number of nitrogens with one attached hydrogen (secondary N) is 1. The Morgan fingerprint density at radius 3 is 2.65 bits per heavy atom. The molecule has 26 heavy (non-hydrogen) atoms. The zero-order valence-corrected chi connectivity index (χ0v) is 15.3. The van der Waals surface area contributed by atoms with Crippen molar-refractivity contribution in [2.45, 2.75) is 18.2 Å². The number of rotatable bonds is 5. The Bertz CT molecular complexity index is 1090. The van der Waals surface area contributed by atoms with Crippen molar-refractivity contribution >= 4 is 38.5 Å². The highest BCUT2D eigenvalue weighted by Crippen LogP contribution is 2.27. The van der Waals surface area contributed by atoms with Gasteiger partial charge in [0.15, 0.2) is 9.84 Å². The molecule has 0 aliphatic rings. The summed E-state index contributed by atoms with van der Waals surface area (Å²) >= 11 is 0. The van der Waals surface area contributed by atoms with Crippen molar-refractivity contribution in [2.75, 3.05) is 11.6 Å². The maximum Gasteiger partial charge on any atom is 0.248 e. The van der Waals surface area contributed by atoms with Crippen LogP contribution in [0.5, 0.6) is 0 Å². The van der Waals surface area contributed by atoms with E-state index in [-0.39, 0.29) is 10.8 Å². The van der Waals surface area contributed by atoms with Crippen molar-refractivity contribution in [3.8, 4) is 0 Å². The summed E-state index contributed by atoms with van der Waals surface area (Å²) in [5, 5.41) is 3.63. The average molecular weight is 369 g/mol. The van der Waals surface area contributed by atoms with Gasteiger partial charge < -0.3 is 9.73 Å². The molecule has 0 saturated heterocycles. The van der Waals surface area contributed by atoms with E-state index in [0.29, 0.717) is 12.1 Å². The third-order valence-electron chi connectivity index (χ3n) is 3.96. The van der Waals surface area contributed by atoms with Crippen LogP contribution in [0.15, 0.2) is 63.9 Å². The van der Waals surface area contributed by atoms with Crippen LogP contribution in [-0.4, -0.2) is 20.6 Å². The number of hydrogen-bond acceptors (Lipinski definition) is 4. The van der Waals surface area contributed by atoms with Gasteiger partial charge in [-0.25, -0.2) is 8.42 Å².